The van der Waals surface area contributed by atoms with E-state index in [0.29, 0.717) is 17.0 Å². The molecule has 0 saturated carbocycles. The van der Waals surface area contributed by atoms with Crippen molar-refractivity contribution >= 4 is 17.8 Å². The van der Waals surface area contributed by atoms with Crippen molar-refractivity contribution in [3.05, 3.63) is 83.3 Å². The Bertz CT molecular complexity index is 982. The predicted octanol–water partition coefficient (Wildman–Crippen LogP) is 4.27. The van der Waals surface area contributed by atoms with Gasteiger partial charge in [-0.25, -0.2) is 9.18 Å². The van der Waals surface area contributed by atoms with Crippen molar-refractivity contribution < 1.29 is 23.1 Å². The molecule has 0 unspecified atom stereocenters. The van der Waals surface area contributed by atoms with Crippen molar-refractivity contribution in [2.24, 2.45) is 0 Å². The summed E-state index contributed by atoms with van der Waals surface area (Å²) in [4.78, 5) is 24.2. The van der Waals surface area contributed by atoms with Gasteiger partial charge in [0.25, 0.3) is 0 Å². The highest BCUT2D eigenvalue weighted by molar-refractivity contribution is 6.00. The van der Waals surface area contributed by atoms with Gasteiger partial charge in [0.05, 0.1) is 6.26 Å². The van der Waals surface area contributed by atoms with Crippen LogP contribution in [0, 0.1) is 19.7 Å². The Labute approximate surface area is 155 Å². The largest absolute Gasteiger partial charge is 0.465 e. The molecule has 0 saturated heterocycles. The number of aryl methyl sites for hydroxylation is 1. The van der Waals surface area contributed by atoms with E-state index in [1.807, 2.05) is 11.5 Å². The van der Waals surface area contributed by atoms with Crippen LogP contribution in [0.3, 0.4) is 0 Å². The van der Waals surface area contributed by atoms with Gasteiger partial charge in [-0.05, 0) is 62.4 Å². The molecule has 6 heteroatoms. The monoisotopic (exact) mass is 367 g/mol. The fourth-order valence-corrected chi connectivity index (χ4v) is 2.83. The van der Waals surface area contributed by atoms with Gasteiger partial charge in [0.15, 0.2) is 6.61 Å². The first-order valence-electron chi connectivity index (χ1n) is 8.32. The minimum Gasteiger partial charge on any atom is -0.465 e. The van der Waals surface area contributed by atoms with E-state index >= 15 is 0 Å². The number of carbonyl (C=O) groups excluding carboxylic acids is 2. The number of halogens is 1. The number of hydrogen-bond acceptors (Lipinski definition) is 4. The molecule has 2 aromatic heterocycles. The lowest BCUT2D eigenvalue weighted by atomic mass is 10.1. The van der Waals surface area contributed by atoms with Crippen molar-refractivity contribution in [1.82, 2.24) is 4.57 Å². The Morgan fingerprint density at radius 1 is 1.19 bits per heavy atom. The summed E-state index contributed by atoms with van der Waals surface area (Å²) in [6, 6.07) is 11.1. The summed E-state index contributed by atoms with van der Waals surface area (Å²) in [5.41, 5.74) is 2.74. The molecule has 2 heterocycles. The highest BCUT2D eigenvalue weighted by Gasteiger charge is 2.17. The minimum atomic E-state index is -0.632. The third kappa shape index (κ3) is 4.23. The zero-order valence-electron chi connectivity index (χ0n) is 14.9. The van der Waals surface area contributed by atoms with Crippen LogP contribution in [-0.2, 0) is 9.53 Å². The van der Waals surface area contributed by atoms with E-state index in [1.54, 1.807) is 37.3 Å². The van der Waals surface area contributed by atoms with Crippen LogP contribution >= 0.6 is 0 Å². The number of ketones is 1. The Morgan fingerprint density at radius 3 is 2.59 bits per heavy atom. The summed E-state index contributed by atoms with van der Waals surface area (Å²) < 4.78 is 25.1. The first kappa shape index (κ1) is 18.4. The molecule has 0 atom stereocenters. The van der Waals surface area contributed by atoms with E-state index in [1.165, 1.54) is 30.5 Å². The van der Waals surface area contributed by atoms with E-state index in [0.717, 1.165) is 11.4 Å². The van der Waals surface area contributed by atoms with E-state index < -0.39 is 5.97 Å². The maximum Gasteiger partial charge on any atom is 0.331 e. The molecule has 0 aliphatic carbocycles. The van der Waals surface area contributed by atoms with Crippen LogP contribution in [0.4, 0.5) is 4.39 Å². The van der Waals surface area contributed by atoms with Crippen molar-refractivity contribution in [3.63, 3.8) is 0 Å². The lowest BCUT2D eigenvalue weighted by Gasteiger charge is -2.09. The van der Waals surface area contributed by atoms with E-state index in [9.17, 15) is 14.0 Å². The average molecular weight is 367 g/mol. The van der Waals surface area contributed by atoms with Gasteiger partial charge >= 0.3 is 5.97 Å². The number of hydrogen-bond donors (Lipinski definition) is 0. The zero-order valence-corrected chi connectivity index (χ0v) is 14.9. The molecule has 138 valence electrons. The average Bonchev–Trinajstić information content (AvgIpc) is 3.27. The third-order valence-corrected chi connectivity index (χ3v) is 4.09. The van der Waals surface area contributed by atoms with Crippen LogP contribution in [0.25, 0.3) is 11.8 Å². The van der Waals surface area contributed by atoms with E-state index in [2.05, 4.69) is 0 Å². The summed E-state index contributed by atoms with van der Waals surface area (Å²) in [5, 5.41) is 0. The van der Waals surface area contributed by atoms with Gasteiger partial charge in [-0.3, -0.25) is 4.79 Å². The lowest BCUT2D eigenvalue weighted by molar-refractivity contribution is -0.136. The molecular formula is C21H18FNO4. The number of esters is 1. The molecule has 3 rings (SSSR count). The van der Waals surface area contributed by atoms with Gasteiger partial charge in [0.1, 0.15) is 11.6 Å². The number of carbonyl (C=O) groups is 2. The number of ether oxygens (including phenoxy) is 1. The fourth-order valence-electron chi connectivity index (χ4n) is 2.83. The molecule has 0 aliphatic heterocycles. The number of rotatable bonds is 6. The first-order valence-corrected chi connectivity index (χ1v) is 8.32. The summed E-state index contributed by atoms with van der Waals surface area (Å²) in [7, 11) is 0. The van der Waals surface area contributed by atoms with Crippen LogP contribution in [0.5, 0.6) is 0 Å². The second-order valence-electron chi connectivity index (χ2n) is 5.98. The van der Waals surface area contributed by atoms with Crippen molar-refractivity contribution in [3.8, 4) is 5.69 Å². The number of nitrogens with zero attached hydrogens (tertiary/aromatic N) is 1. The Kier molecular flexibility index (Phi) is 5.35. The van der Waals surface area contributed by atoms with E-state index in [4.69, 9.17) is 9.15 Å². The topological polar surface area (TPSA) is 61.4 Å². The molecule has 0 N–H and O–H groups in total. The molecule has 1 aromatic carbocycles. The number of aromatic nitrogens is 1. The highest BCUT2D eigenvalue weighted by atomic mass is 19.1. The van der Waals surface area contributed by atoms with Gasteiger partial charge < -0.3 is 13.7 Å². The van der Waals surface area contributed by atoms with Gasteiger partial charge in [-0.2, -0.15) is 0 Å². The maximum absolute atomic E-state index is 13.1. The van der Waals surface area contributed by atoms with Gasteiger partial charge in [-0.1, -0.05) is 0 Å². The highest BCUT2D eigenvalue weighted by Crippen LogP contribution is 2.21. The maximum atomic E-state index is 13.1. The zero-order chi connectivity index (χ0) is 19.4. The second kappa shape index (κ2) is 7.86. The van der Waals surface area contributed by atoms with Crippen LogP contribution in [0.2, 0.25) is 0 Å². The molecule has 0 amide bonds. The van der Waals surface area contributed by atoms with Crippen LogP contribution in [0.1, 0.15) is 27.5 Å². The predicted molar refractivity (Wildman–Crippen MR) is 98.2 cm³/mol. The molecule has 0 fully saturated rings. The number of benzene rings is 1. The molecule has 5 nitrogen and oxygen atoms in total. The summed E-state index contributed by atoms with van der Waals surface area (Å²) in [6.07, 6.45) is 4.16. The van der Waals surface area contributed by atoms with Gasteiger partial charge in [0, 0.05) is 28.7 Å². The second-order valence-corrected chi connectivity index (χ2v) is 5.98. The number of Topliss-reactive ketones (excluding diaryl/α,β-unsaturated/α-hetero) is 1. The van der Waals surface area contributed by atoms with Crippen LogP contribution in [-0.4, -0.2) is 22.9 Å². The minimum absolute atomic E-state index is 0.309. The van der Waals surface area contributed by atoms with Gasteiger partial charge in [-0.15, -0.1) is 0 Å². The standard InChI is InChI=1S/C21H18FNO4/c1-14-12-19(15(2)23(14)17-7-5-16(22)6-8-17)20(24)13-27-21(25)10-9-18-4-3-11-26-18/h3-12H,13H2,1-2H3. The van der Waals surface area contributed by atoms with Crippen molar-refractivity contribution in [2.75, 3.05) is 6.61 Å². The molecular weight excluding hydrogens is 349 g/mol. The summed E-state index contributed by atoms with van der Waals surface area (Å²) in [5.74, 6) is -0.753. The summed E-state index contributed by atoms with van der Waals surface area (Å²) >= 11 is 0. The first-order chi connectivity index (χ1) is 13.0. The molecule has 3 aromatic rings. The molecule has 0 bridgehead atoms. The third-order valence-electron chi connectivity index (χ3n) is 4.09. The summed E-state index contributed by atoms with van der Waals surface area (Å²) in [6.45, 7) is 3.28. The number of furan rings is 1. The molecule has 0 radical (unpaired) electrons. The Morgan fingerprint density at radius 2 is 1.93 bits per heavy atom. The molecule has 0 aliphatic rings. The quantitative estimate of drug-likeness (QED) is 0.371. The Balaban J connectivity index is 1.69. The van der Waals surface area contributed by atoms with Gasteiger partial charge in [0.2, 0.25) is 5.78 Å². The SMILES string of the molecule is Cc1cc(C(=O)COC(=O)C=Cc2ccco2)c(C)n1-c1ccc(F)cc1. The molecule has 0 spiro atoms. The Hall–Kier alpha value is -3.41. The van der Waals surface area contributed by atoms with Crippen LogP contribution < -0.4 is 0 Å². The smallest absolute Gasteiger partial charge is 0.331 e. The van der Waals surface area contributed by atoms with Crippen molar-refractivity contribution in [2.45, 2.75) is 13.8 Å². The van der Waals surface area contributed by atoms with E-state index in [-0.39, 0.29) is 18.2 Å². The van der Waals surface area contributed by atoms with Crippen LogP contribution in [0.15, 0.2) is 59.2 Å². The normalized spacial score (nSPS) is 11.1. The fraction of sp³-hybridized carbons (Fsp3) is 0.143. The lowest BCUT2D eigenvalue weighted by Crippen LogP contribution is -2.13. The molecule has 27 heavy (non-hydrogen) atoms. The van der Waals surface area contributed by atoms with Crippen molar-refractivity contribution in [1.29, 1.82) is 0 Å².